The zero-order valence-corrected chi connectivity index (χ0v) is 16.0. The number of hydrogen-bond donors (Lipinski definition) is 1. The molecule has 0 aliphatic carbocycles. The molecule has 0 fully saturated rings. The normalized spacial score (nSPS) is 10.9. The summed E-state index contributed by atoms with van der Waals surface area (Å²) in [5, 5.41) is 2.28. The second-order valence-corrected chi connectivity index (χ2v) is 6.84. The molecule has 0 unspecified atom stereocenters. The minimum absolute atomic E-state index is 0.849. The molecule has 3 aromatic carbocycles. The van der Waals surface area contributed by atoms with Crippen molar-refractivity contribution in [2.75, 3.05) is 7.11 Å². The minimum atomic E-state index is 0.849. The summed E-state index contributed by atoms with van der Waals surface area (Å²) in [4.78, 5) is 12.6. The van der Waals surface area contributed by atoms with Gasteiger partial charge in [0.2, 0.25) is 0 Å². The summed E-state index contributed by atoms with van der Waals surface area (Å²) in [6, 6.07) is 26.7. The van der Waals surface area contributed by atoms with E-state index in [1.165, 1.54) is 0 Å². The maximum atomic E-state index is 5.34. The molecule has 0 saturated heterocycles. The van der Waals surface area contributed by atoms with Crippen LogP contribution in [0.25, 0.3) is 44.7 Å². The van der Waals surface area contributed by atoms with E-state index in [-0.39, 0.29) is 0 Å². The fourth-order valence-corrected chi connectivity index (χ4v) is 3.54. The lowest BCUT2D eigenvalue weighted by Gasteiger charge is -2.06. The van der Waals surface area contributed by atoms with Gasteiger partial charge < -0.3 is 9.72 Å². The fourth-order valence-electron chi connectivity index (χ4n) is 3.54. The highest BCUT2D eigenvalue weighted by molar-refractivity contribution is 5.90. The average Bonchev–Trinajstić information content (AvgIpc) is 3.25. The van der Waals surface area contributed by atoms with Gasteiger partial charge in [0.15, 0.2) is 0 Å². The van der Waals surface area contributed by atoms with Crippen molar-refractivity contribution < 1.29 is 4.74 Å². The molecule has 140 valence electrons. The van der Waals surface area contributed by atoms with Crippen LogP contribution in [0.1, 0.15) is 0 Å². The number of imidazole rings is 1. The molecular weight excluding hydrogens is 358 g/mol. The van der Waals surface area contributed by atoms with Crippen LogP contribution in [0, 0.1) is 0 Å². The fraction of sp³-hybridized carbons (Fsp3) is 0.0400. The molecule has 5 aromatic rings. The summed E-state index contributed by atoms with van der Waals surface area (Å²) in [7, 11) is 1.69. The number of ether oxygens (including phenoxy) is 1. The minimum Gasteiger partial charge on any atom is -0.497 e. The van der Waals surface area contributed by atoms with E-state index in [0.717, 1.165) is 50.4 Å². The van der Waals surface area contributed by atoms with Gasteiger partial charge in [-0.2, -0.15) is 0 Å². The van der Waals surface area contributed by atoms with Crippen molar-refractivity contribution >= 4 is 10.8 Å². The van der Waals surface area contributed by atoms with Crippen molar-refractivity contribution in [3.63, 3.8) is 0 Å². The SMILES string of the molecule is COc1ccc2cc(-c3nc(-c4ccccc4)[nH]c3-c3ccncc3)ccc2c1. The van der Waals surface area contributed by atoms with E-state index in [0.29, 0.717) is 0 Å². The number of benzene rings is 3. The molecule has 4 nitrogen and oxygen atoms in total. The zero-order valence-electron chi connectivity index (χ0n) is 16.0. The number of pyridine rings is 1. The first-order chi connectivity index (χ1) is 14.3. The Morgan fingerprint density at radius 1 is 0.724 bits per heavy atom. The molecule has 4 heteroatoms. The maximum absolute atomic E-state index is 5.34. The van der Waals surface area contributed by atoms with Crippen molar-refractivity contribution in [1.29, 1.82) is 0 Å². The maximum Gasteiger partial charge on any atom is 0.138 e. The average molecular weight is 377 g/mol. The molecule has 0 bridgehead atoms. The monoisotopic (exact) mass is 377 g/mol. The van der Waals surface area contributed by atoms with Crippen LogP contribution >= 0.6 is 0 Å². The number of aromatic nitrogens is 3. The quantitative estimate of drug-likeness (QED) is 0.420. The predicted molar refractivity (Wildman–Crippen MR) is 117 cm³/mol. The Morgan fingerprint density at radius 2 is 1.48 bits per heavy atom. The van der Waals surface area contributed by atoms with Crippen LogP contribution in [-0.4, -0.2) is 22.1 Å². The lowest BCUT2D eigenvalue weighted by atomic mass is 10.0. The molecule has 0 radical (unpaired) electrons. The topological polar surface area (TPSA) is 50.8 Å². The molecule has 29 heavy (non-hydrogen) atoms. The van der Waals surface area contributed by atoms with Crippen LogP contribution in [0.2, 0.25) is 0 Å². The van der Waals surface area contributed by atoms with Gasteiger partial charge in [-0.3, -0.25) is 4.98 Å². The standard InChI is InChI=1S/C25H19N3O/c1-29-22-10-9-19-15-21(8-7-20(19)16-22)24-23(17-11-13-26-14-12-17)27-25(28-24)18-5-3-2-4-6-18/h2-16H,1H3,(H,27,28). The number of nitrogens with zero attached hydrogens (tertiary/aromatic N) is 2. The van der Waals surface area contributed by atoms with Crippen molar-refractivity contribution in [3.05, 3.63) is 91.3 Å². The summed E-state index contributed by atoms with van der Waals surface area (Å²) in [6.07, 6.45) is 3.60. The lowest BCUT2D eigenvalue weighted by Crippen LogP contribution is -1.86. The van der Waals surface area contributed by atoms with Crippen molar-refractivity contribution in [2.45, 2.75) is 0 Å². The van der Waals surface area contributed by atoms with E-state index < -0.39 is 0 Å². The van der Waals surface area contributed by atoms with E-state index in [4.69, 9.17) is 9.72 Å². The van der Waals surface area contributed by atoms with Crippen LogP contribution in [0.3, 0.4) is 0 Å². The van der Waals surface area contributed by atoms with Crippen LogP contribution in [-0.2, 0) is 0 Å². The Bertz CT molecular complexity index is 1280. The molecule has 0 saturated carbocycles. The van der Waals surface area contributed by atoms with Gasteiger partial charge in [-0.05, 0) is 41.1 Å². The van der Waals surface area contributed by atoms with Crippen LogP contribution in [0.4, 0.5) is 0 Å². The third kappa shape index (κ3) is 3.25. The summed E-state index contributed by atoms with van der Waals surface area (Å²) >= 11 is 0. The number of rotatable bonds is 4. The highest BCUT2D eigenvalue weighted by Gasteiger charge is 2.15. The molecule has 0 aliphatic rings. The smallest absolute Gasteiger partial charge is 0.138 e. The second-order valence-electron chi connectivity index (χ2n) is 6.84. The van der Waals surface area contributed by atoms with Crippen molar-refractivity contribution in [2.24, 2.45) is 0 Å². The number of H-pyrrole nitrogens is 1. The highest BCUT2D eigenvalue weighted by atomic mass is 16.5. The molecule has 0 aliphatic heterocycles. The molecular formula is C25H19N3O. The Kier molecular flexibility index (Phi) is 4.30. The Hall–Kier alpha value is -3.92. The first kappa shape index (κ1) is 17.2. The van der Waals surface area contributed by atoms with E-state index in [2.05, 4.69) is 46.4 Å². The number of hydrogen-bond acceptors (Lipinski definition) is 3. The number of methoxy groups -OCH3 is 1. The van der Waals surface area contributed by atoms with Crippen molar-refractivity contribution in [3.8, 4) is 39.7 Å². The second kappa shape index (κ2) is 7.24. The van der Waals surface area contributed by atoms with E-state index in [1.54, 1.807) is 19.5 Å². The molecule has 0 spiro atoms. The lowest BCUT2D eigenvalue weighted by molar-refractivity contribution is 0.415. The highest BCUT2D eigenvalue weighted by Crippen LogP contribution is 2.34. The van der Waals surface area contributed by atoms with E-state index >= 15 is 0 Å². The molecule has 1 N–H and O–H groups in total. The predicted octanol–water partition coefficient (Wildman–Crippen LogP) is 5.97. The van der Waals surface area contributed by atoms with Crippen LogP contribution < -0.4 is 4.74 Å². The zero-order chi connectivity index (χ0) is 19.6. The number of fused-ring (bicyclic) bond motifs is 1. The van der Waals surface area contributed by atoms with E-state index in [9.17, 15) is 0 Å². The first-order valence-corrected chi connectivity index (χ1v) is 9.46. The molecule has 0 atom stereocenters. The Balaban J connectivity index is 1.69. The van der Waals surface area contributed by atoms with Gasteiger partial charge in [-0.15, -0.1) is 0 Å². The largest absolute Gasteiger partial charge is 0.497 e. The van der Waals surface area contributed by atoms with Crippen molar-refractivity contribution in [1.82, 2.24) is 15.0 Å². The molecule has 5 rings (SSSR count). The van der Waals surface area contributed by atoms with Crippen LogP contribution in [0.15, 0.2) is 91.3 Å². The number of nitrogens with one attached hydrogen (secondary N) is 1. The van der Waals surface area contributed by atoms with Gasteiger partial charge in [0.25, 0.3) is 0 Å². The third-order valence-electron chi connectivity index (χ3n) is 5.04. The van der Waals surface area contributed by atoms with Gasteiger partial charge in [0.05, 0.1) is 18.5 Å². The molecule has 2 aromatic heterocycles. The van der Waals surface area contributed by atoms with Gasteiger partial charge >= 0.3 is 0 Å². The summed E-state index contributed by atoms with van der Waals surface area (Å²) in [6.45, 7) is 0. The van der Waals surface area contributed by atoms with Gasteiger partial charge in [0, 0.05) is 29.1 Å². The summed E-state index contributed by atoms with van der Waals surface area (Å²) in [5.74, 6) is 1.70. The Labute approximate surface area is 168 Å². The first-order valence-electron chi connectivity index (χ1n) is 9.46. The van der Waals surface area contributed by atoms with Gasteiger partial charge in [-0.1, -0.05) is 48.5 Å². The molecule has 0 amide bonds. The van der Waals surface area contributed by atoms with Crippen LogP contribution in [0.5, 0.6) is 5.75 Å². The van der Waals surface area contributed by atoms with E-state index in [1.807, 2.05) is 42.5 Å². The third-order valence-corrected chi connectivity index (χ3v) is 5.04. The van der Waals surface area contributed by atoms with Gasteiger partial charge in [-0.25, -0.2) is 4.98 Å². The molecule has 2 heterocycles. The Morgan fingerprint density at radius 3 is 2.28 bits per heavy atom. The summed E-state index contributed by atoms with van der Waals surface area (Å²) in [5.41, 5.74) is 5.08. The number of aromatic amines is 1. The summed E-state index contributed by atoms with van der Waals surface area (Å²) < 4.78 is 5.34. The van der Waals surface area contributed by atoms with Gasteiger partial charge in [0.1, 0.15) is 11.6 Å².